The lowest BCUT2D eigenvalue weighted by Crippen LogP contribution is -2.27. The molecule has 5 heteroatoms. The van der Waals surface area contributed by atoms with Gasteiger partial charge >= 0.3 is 10.4 Å². The molecule has 1 heterocycles. The molecule has 1 aliphatic rings. The van der Waals surface area contributed by atoms with Gasteiger partial charge in [-0.25, -0.2) is 8.37 Å². The van der Waals surface area contributed by atoms with Crippen molar-refractivity contribution in [3.63, 3.8) is 0 Å². The Bertz CT molecular complexity index is 207. The molecule has 1 unspecified atom stereocenters. The van der Waals surface area contributed by atoms with Crippen LogP contribution in [0, 0.1) is 0 Å². The second-order valence-electron chi connectivity index (χ2n) is 2.53. The minimum Gasteiger partial charge on any atom is -0.248 e. The molecule has 1 atom stereocenters. The molecule has 0 radical (unpaired) electrons. The first kappa shape index (κ1) is 8.96. The first-order valence-electron chi connectivity index (χ1n) is 3.71. The molecule has 0 spiro atoms. The largest absolute Gasteiger partial charge is 0.400 e. The van der Waals surface area contributed by atoms with Crippen molar-refractivity contribution in [1.29, 1.82) is 0 Å². The summed E-state index contributed by atoms with van der Waals surface area (Å²) < 4.78 is 30.4. The van der Waals surface area contributed by atoms with Crippen LogP contribution < -0.4 is 0 Å². The maximum absolute atomic E-state index is 10.7. The molecule has 66 valence electrons. The summed E-state index contributed by atoms with van der Waals surface area (Å²) in [5.41, 5.74) is 0. The van der Waals surface area contributed by atoms with Crippen LogP contribution in [0.4, 0.5) is 0 Å². The Morgan fingerprint density at radius 2 is 2.27 bits per heavy atom. The van der Waals surface area contributed by atoms with E-state index in [4.69, 9.17) is 0 Å². The van der Waals surface area contributed by atoms with Gasteiger partial charge in [-0.2, -0.15) is 8.42 Å². The van der Waals surface area contributed by atoms with Crippen molar-refractivity contribution < 1.29 is 16.8 Å². The number of rotatable bonds is 2. The predicted octanol–water partition coefficient (Wildman–Crippen LogP) is 0.837. The molecule has 1 aliphatic heterocycles. The van der Waals surface area contributed by atoms with Crippen LogP contribution in [-0.4, -0.2) is 21.1 Å². The standard InChI is InChI=1S/C6H12O4S/c1-2-3-6-4-5-9-11(7,8)10-6/h6H,2-5H2,1H3. The summed E-state index contributed by atoms with van der Waals surface area (Å²) in [5.74, 6) is 0. The van der Waals surface area contributed by atoms with E-state index < -0.39 is 10.4 Å². The molecule has 4 nitrogen and oxygen atoms in total. The number of hydrogen-bond acceptors (Lipinski definition) is 4. The van der Waals surface area contributed by atoms with E-state index in [1.54, 1.807) is 0 Å². The molecular formula is C6H12O4S. The van der Waals surface area contributed by atoms with Gasteiger partial charge in [-0.15, -0.1) is 0 Å². The van der Waals surface area contributed by atoms with Gasteiger partial charge in [0.15, 0.2) is 0 Å². The Balaban J connectivity index is 2.47. The zero-order chi connectivity index (χ0) is 8.32. The summed E-state index contributed by atoms with van der Waals surface area (Å²) in [7, 11) is -3.65. The second kappa shape index (κ2) is 3.51. The van der Waals surface area contributed by atoms with Crippen LogP contribution in [0.2, 0.25) is 0 Å². The summed E-state index contributed by atoms with van der Waals surface area (Å²) in [4.78, 5) is 0. The summed E-state index contributed by atoms with van der Waals surface area (Å²) >= 11 is 0. The molecule has 0 aliphatic carbocycles. The normalized spacial score (nSPS) is 30.1. The first-order valence-corrected chi connectivity index (χ1v) is 5.05. The summed E-state index contributed by atoms with van der Waals surface area (Å²) in [6.07, 6.45) is 2.22. The average Bonchev–Trinajstić information content (AvgIpc) is 1.85. The van der Waals surface area contributed by atoms with Gasteiger partial charge in [0, 0.05) is 0 Å². The topological polar surface area (TPSA) is 52.6 Å². The van der Waals surface area contributed by atoms with Crippen molar-refractivity contribution >= 4 is 10.4 Å². The summed E-state index contributed by atoms with van der Waals surface area (Å²) in [6.45, 7) is 2.25. The van der Waals surface area contributed by atoms with Crippen molar-refractivity contribution in [2.24, 2.45) is 0 Å². The highest BCUT2D eigenvalue weighted by Crippen LogP contribution is 2.17. The molecule has 0 amide bonds. The predicted molar refractivity (Wildman–Crippen MR) is 39.3 cm³/mol. The number of hydrogen-bond donors (Lipinski definition) is 0. The molecule has 0 aromatic carbocycles. The lowest BCUT2D eigenvalue weighted by atomic mass is 10.1. The van der Waals surface area contributed by atoms with E-state index in [1.807, 2.05) is 6.92 Å². The fourth-order valence-electron chi connectivity index (χ4n) is 1.04. The lowest BCUT2D eigenvalue weighted by molar-refractivity contribution is 0.0856. The molecule has 1 saturated heterocycles. The van der Waals surface area contributed by atoms with E-state index in [0.717, 1.165) is 12.8 Å². The van der Waals surface area contributed by atoms with Gasteiger partial charge in [-0.1, -0.05) is 13.3 Å². The molecule has 1 fully saturated rings. The van der Waals surface area contributed by atoms with Crippen LogP contribution >= 0.6 is 0 Å². The van der Waals surface area contributed by atoms with Gasteiger partial charge in [-0.3, -0.25) is 0 Å². The SMILES string of the molecule is CCCC1CCOS(=O)(=O)O1. The van der Waals surface area contributed by atoms with Crippen molar-refractivity contribution in [1.82, 2.24) is 0 Å². The van der Waals surface area contributed by atoms with E-state index in [0.29, 0.717) is 6.42 Å². The smallest absolute Gasteiger partial charge is 0.248 e. The van der Waals surface area contributed by atoms with Crippen LogP contribution in [0.15, 0.2) is 0 Å². The van der Waals surface area contributed by atoms with Gasteiger partial charge in [0.25, 0.3) is 0 Å². The summed E-state index contributed by atoms with van der Waals surface area (Å²) in [5, 5.41) is 0. The fourth-order valence-corrected chi connectivity index (χ4v) is 1.92. The zero-order valence-electron chi connectivity index (χ0n) is 6.45. The first-order chi connectivity index (χ1) is 5.14. The van der Waals surface area contributed by atoms with E-state index >= 15 is 0 Å². The Kier molecular flexibility index (Phi) is 2.86. The van der Waals surface area contributed by atoms with Crippen molar-refractivity contribution in [3.8, 4) is 0 Å². The maximum Gasteiger partial charge on any atom is 0.400 e. The third kappa shape index (κ3) is 2.76. The Hall–Kier alpha value is -0.130. The molecule has 0 bridgehead atoms. The van der Waals surface area contributed by atoms with Crippen molar-refractivity contribution in [2.45, 2.75) is 32.3 Å². The molecule has 11 heavy (non-hydrogen) atoms. The van der Waals surface area contributed by atoms with E-state index in [9.17, 15) is 8.42 Å². The quantitative estimate of drug-likeness (QED) is 0.631. The molecule has 0 N–H and O–H groups in total. The van der Waals surface area contributed by atoms with Crippen LogP contribution in [0.1, 0.15) is 26.2 Å². The zero-order valence-corrected chi connectivity index (χ0v) is 7.26. The highest BCUT2D eigenvalue weighted by Gasteiger charge is 2.25. The lowest BCUT2D eigenvalue weighted by Gasteiger charge is -2.20. The Morgan fingerprint density at radius 1 is 1.55 bits per heavy atom. The van der Waals surface area contributed by atoms with Crippen LogP contribution in [0.25, 0.3) is 0 Å². The average molecular weight is 180 g/mol. The fraction of sp³-hybridized carbons (Fsp3) is 1.00. The van der Waals surface area contributed by atoms with Crippen LogP contribution in [0.5, 0.6) is 0 Å². The van der Waals surface area contributed by atoms with Crippen molar-refractivity contribution in [3.05, 3.63) is 0 Å². The molecular weight excluding hydrogens is 168 g/mol. The minimum absolute atomic E-state index is 0.168. The highest BCUT2D eigenvalue weighted by atomic mass is 32.3. The molecule has 0 aromatic rings. The van der Waals surface area contributed by atoms with Crippen LogP contribution in [-0.2, 0) is 18.8 Å². The van der Waals surface area contributed by atoms with Gasteiger partial charge in [0.1, 0.15) is 0 Å². The Labute approximate surface area is 66.8 Å². The molecule has 0 aromatic heterocycles. The highest BCUT2D eigenvalue weighted by molar-refractivity contribution is 7.81. The maximum atomic E-state index is 10.7. The third-order valence-corrected chi connectivity index (χ3v) is 2.50. The van der Waals surface area contributed by atoms with Crippen molar-refractivity contribution in [2.75, 3.05) is 6.61 Å². The second-order valence-corrected chi connectivity index (χ2v) is 3.77. The summed E-state index contributed by atoms with van der Waals surface area (Å²) in [6, 6.07) is 0. The van der Waals surface area contributed by atoms with Gasteiger partial charge in [0.2, 0.25) is 0 Å². The minimum atomic E-state index is -3.65. The van der Waals surface area contributed by atoms with E-state index in [2.05, 4.69) is 8.37 Å². The monoisotopic (exact) mass is 180 g/mol. The Morgan fingerprint density at radius 3 is 2.82 bits per heavy atom. The molecule has 0 saturated carbocycles. The van der Waals surface area contributed by atoms with E-state index in [-0.39, 0.29) is 12.7 Å². The van der Waals surface area contributed by atoms with Crippen LogP contribution in [0.3, 0.4) is 0 Å². The third-order valence-electron chi connectivity index (χ3n) is 1.53. The molecule has 1 rings (SSSR count). The van der Waals surface area contributed by atoms with Gasteiger partial charge in [0.05, 0.1) is 12.7 Å². The van der Waals surface area contributed by atoms with Gasteiger partial charge < -0.3 is 0 Å². The van der Waals surface area contributed by atoms with E-state index in [1.165, 1.54) is 0 Å². The van der Waals surface area contributed by atoms with Gasteiger partial charge in [-0.05, 0) is 12.8 Å².